The van der Waals surface area contributed by atoms with Crippen LogP contribution in [0.5, 0.6) is 0 Å². The lowest BCUT2D eigenvalue weighted by Gasteiger charge is -1.99. The summed E-state index contributed by atoms with van der Waals surface area (Å²) in [5.41, 5.74) is 1.47. The first-order valence-electron chi connectivity index (χ1n) is 6.47. The van der Waals surface area contributed by atoms with Crippen molar-refractivity contribution in [3.8, 4) is 16.7 Å². The Morgan fingerprint density at radius 1 is 1.33 bits per heavy atom. The number of imidazole rings is 1. The van der Waals surface area contributed by atoms with E-state index in [4.69, 9.17) is 5.26 Å². The van der Waals surface area contributed by atoms with Crippen molar-refractivity contribution in [2.75, 3.05) is 0 Å². The van der Waals surface area contributed by atoms with Gasteiger partial charge in [-0.15, -0.1) is 0 Å². The number of aromatic nitrogens is 3. The van der Waals surface area contributed by atoms with E-state index in [2.05, 4.69) is 15.5 Å². The Labute approximate surface area is 128 Å². The maximum atomic E-state index is 13.1. The standard InChI is InChI=1S/C14H9FN4S2/c15-10-5-3-8(4-6-10)11-13(20-7-16)19-14(17-11)21-12(18-19)9-1-2-9/h3-6,9H,1-2H2. The molecule has 0 N–H and O–H groups in total. The number of rotatable bonds is 3. The van der Waals surface area contributed by atoms with E-state index in [0.29, 0.717) is 16.6 Å². The van der Waals surface area contributed by atoms with Crippen LogP contribution in [0, 0.1) is 16.5 Å². The van der Waals surface area contributed by atoms with Crippen LogP contribution >= 0.6 is 23.1 Å². The SMILES string of the molecule is N#CSc1c(-c2ccc(F)cc2)nc2sc(C3CC3)nn12. The van der Waals surface area contributed by atoms with Crippen LogP contribution in [0.25, 0.3) is 16.2 Å². The van der Waals surface area contributed by atoms with E-state index in [1.165, 1.54) is 25.0 Å². The number of hydrogen-bond donors (Lipinski definition) is 0. The van der Waals surface area contributed by atoms with E-state index in [1.54, 1.807) is 28.0 Å². The third-order valence-corrected chi connectivity index (χ3v) is 5.09. The second-order valence-corrected chi connectivity index (χ2v) is 6.64. The second kappa shape index (κ2) is 4.83. The van der Waals surface area contributed by atoms with E-state index in [9.17, 15) is 4.39 Å². The van der Waals surface area contributed by atoms with Crippen LogP contribution in [0.15, 0.2) is 29.3 Å². The van der Waals surface area contributed by atoms with Crippen LogP contribution < -0.4 is 0 Å². The van der Waals surface area contributed by atoms with Gasteiger partial charge < -0.3 is 0 Å². The van der Waals surface area contributed by atoms with Crippen molar-refractivity contribution in [1.29, 1.82) is 5.26 Å². The molecule has 104 valence electrons. The van der Waals surface area contributed by atoms with Crippen LogP contribution in [-0.2, 0) is 0 Å². The van der Waals surface area contributed by atoms with Gasteiger partial charge in [0, 0.05) is 23.2 Å². The summed E-state index contributed by atoms with van der Waals surface area (Å²) in [6.07, 6.45) is 2.37. The molecule has 0 bridgehead atoms. The lowest BCUT2D eigenvalue weighted by molar-refractivity contribution is 0.628. The summed E-state index contributed by atoms with van der Waals surface area (Å²) in [4.78, 5) is 5.37. The van der Waals surface area contributed by atoms with Gasteiger partial charge in [-0.25, -0.2) is 9.37 Å². The summed E-state index contributed by atoms with van der Waals surface area (Å²) in [6.45, 7) is 0. The molecular weight excluding hydrogens is 307 g/mol. The number of nitrogens with zero attached hydrogens (tertiary/aromatic N) is 4. The molecule has 3 aromatic rings. The molecule has 4 nitrogen and oxygen atoms in total. The van der Waals surface area contributed by atoms with Gasteiger partial charge in [0.25, 0.3) is 0 Å². The molecule has 0 saturated heterocycles. The fourth-order valence-electron chi connectivity index (χ4n) is 2.17. The monoisotopic (exact) mass is 316 g/mol. The average molecular weight is 316 g/mol. The molecular formula is C14H9FN4S2. The van der Waals surface area contributed by atoms with Gasteiger partial charge in [-0.05, 0) is 37.1 Å². The highest BCUT2D eigenvalue weighted by Gasteiger charge is 2.29. The Morgan fingerprint density at radius 2 is 2.10 bits per heavy atom. The van der Waals surface area contributed by atoms with Crippen LogP contribution in [0.3, 0.4) is 0 Å². The third-order valence-electron chi connectivity index (χ3n) is 3.36. The molecule has 21 heavy (non-hydrogen) atoms. The second-order valence-electron chi connectivity index (χ2n) is 4.87. The van der Waals surface area contributed by atoms with Crippen LogP contribution in [0.4, 0.5) is 4.39 Å². The predicted molar refractivity (Wildman–Crippen MR) is 79.7 cm³/mol. The molecule has 0 amide bonds. The van der Waals surface area contributed by atoms with Gasteiger partial charge >= 0.3 is 0 Å². The van der Waals surface area contributed by atoms with Crippen molar-refractivity contribution >= 4 is 28.1 Å². The highest BCUT2D eigenvalue weighted by Crippen LogP contribution is 2.43. The first kappa shape index (κ1) is 12.8. The van der Waals surface area contributed by atoms with Crippen LogP contribution in [-0.4, -0.2) is 14.6 Å². The van der Waals surface area contributed by atoms with Gasteiger partial charge in [-0.2, -0.15) is 14.9 Å². The molecule has 1 saturated carbocycles. The molecule has 1 fully saturated rings. The quantitative estimate of drug-likeness (QED) is 0.540. The van der Waals surface area contributed by atoms with Gasteiger partial charge in [0.1, 0.15) is 26.9 Å². The minimum Gasteiger partial charge on any atom is -0.216 e. The maximum absolute atomic E-state index is 13.1. The topological polar surface area (TPSA) is 54.0 Å². The molecule has 2 aromatic heterocycles. The lowest BCUT2D eigenvalue weighted by atomic mass is 10.2. The van der Waals surface area contributed by atoms with Gasteiger partial charge in [0.2, 0.25) is 4.96 Å². The summed E-state index contributed by atoms with van der Waals surface area (Å²) < 4.78 is 14.8. The van der Waals surface area contributed by atoms with Gasteiger partial charge in [0.15, 0.2) is 0 Å². The Morgan fingerprint density at radius 3 is 2.76 bits per heavy atom. The van der Waals surface area contributed by atoms with Crippen molar-refractivity contribution in [3.05, 3.63) is 35.1 Å². The number of halogens is 1. The van der Waals surface area contributed by atoms with E-state index >= 15 is 0 Å². The minimum atomic E-state index is -0.289. The van der Waals surface area contributed by atoms with Gasteiger partial charge in [0.05, 0.1) is 0 Å². The van der Waals surface area contributed by atoms with Gasteiger partial charge in [-0.1, -0.05) is 11.3 Å². The largest absolute Gasteiger partial charge is 0.216 e. The number of thioether (sulfide) groups is 1. The number of nitriles is 1. The molecule has 0 radical (unpaired) electrons. The molecule has 2 heterocycles. The minimum absolute atomic E-state index is 0.289. The summed E-state index contributed by atoms with van der Waals surface area (Å²) in [6, 6.07) is 6.13. The maximum Gasteiger partial charge on any atom is 0.213 e. The fraction of sp³-hybridized carbons (Fsp3) is 0.214. The zero-order chi connectivity index (χ0) is 14.4. The van der Waals surface area contributed by atoms with E-state index in [0.717, 1.165) is 27.3 Å². The highest BCUT2D eigenvalue weighted by atomic mass is 32.2. The summed E-state index contributed by atoms with van der Waals surface area (Å²) in [5.74, 6) is 0.273. The Balaban J connectivity index is 1.87. The fourth-order valence-corrected chi connectivity index (χ4v) is 3.86. The number of thiocyanates is 1. The third kappa shape index (κ3) is 2.20. The van der Waals surface area contributed by atoms with E-state index < -0.39 is 0 Å². The van der Waals surface area contributed by atoms with Crippen LogP contribution in [0.1, 0.15) is 23.8 Å². The Hall–Kier alpha value is -1.91. The number of benzene rings is 1. The molecule has 1 aliphatic carbocycles. The first-order chi connectivity index (χ1) is 10.3. The predicted octanol–water partition coefficient (Wildman–Crippen LogP) is 4.05. The van der Waals surface area contributed by atoms with Crippen molar-refractivity contribution in [3.63, 3.8) is 0 Å². The van der Waals surface area contributed by atoms with Crippen molar-refractivity contribution in [1.82, 2.24) is 14.6 Å². The van der Waals surface area contributed by atoms with E-state index in [1.807, 2.05) is 0 Å². The summed E-state index contributed by atoms with van der Waals surface area (Å²) in [7, 11) is 0. The van der Waals surface area contributed by atoms with E-state index in [-0.39, 0.29) is 5.82 Å². The molecule has 0 unspecified atom stereocenters. The average Bonchev–Trinajstić information content (AvgIpc) is 3.17. The molecule has 1 aliphatic rings. The summed E-state index contributed by atoms with van der Waals surface area (Å²) >= 11 is 2.61. The first-order valence-corrected chi connectivity index (χ1v) is 8.11. The van der Waals surface area contributed by atoms with Crippen molar-refractivity contribution in [2.24, 2.45) is 0 Å². The molecule has 7 heteroatoms. The Kier molecular flexibility index (Phi) is 2.94. The lowest BCUT2D eigenvalue weighted by Crippen LogP contribution is -1.89. The van der Waals surface area contributed by atoms with Crippen molar-refractivity contribution in [2.45, 2.75) is 23.8 Å². The molecule has 0 aliphatic heterocycles. The zero-order valence-corrected chi connectivity index (χ0v) is 12.4. The molecule has 0 spiro atoms. The van der Waals surface area contributed by atoms with Crippen molar-refractivity contribution < 1.29 is 4.39 Å². The Bertz CT molecular complexity index is 856. The number of fused-ring (bicyclic) bond motifs is 1. The number of hydrogen-bond acceptors (Lipinski definition) is 5. The normalized spacial score (nSPS) is 14.5. The summed E-state index contributed by atoms with van der Waals surface area (Å²) in [5, 5.41) is 17.5. The molecule has 1 aromatic carbocycles. The smallest absolute Gasteiger partial charge is 0.213 e. The van der Waals surface area contributed by atoms with Gasteiger partial charge in [-0.3, -0.25) is 0 Å². The molecule has 4 rings (SSSR count). The zero-order valence-electron chi connectivity index (χ0n) is 10.8. The molecule has 0 atom stereocenters. The highest BCUT2D eigenvalue weighted by molar-refractivity contribution is 8.03. The van der Waals surface area contributed by atoms with Crippen LogP contribution in [0.2, 0.25) is 0 Å².